The second-order valence-electron chi connectivity index (χ2n) is 2.15. The summed E-state index contributed by atoms with van der Waals surface area (Å²) < 4.78 is 0. The van der Waals surface area contributed by atoms with Crippen LogP contribution < -0.4 is 0 Å². The van der Waals surface area contributed by atoms with Crippen LogP contribution in [0, 0.1) is 12.1 Å². The zero-order chi connectivity index (χ0) is 8.49. The van der Waals surface area contributed by atoms with E-state index in [1.807, 2.05) is 60.7 Å². The van der Waals surface area contributed by atoms with Gasteiger partial charge in [0.15, 0.2) is 0 Å². The summed E-state index contributed by atoms with van der Waals surface area (Å²) in [5.41, 5.74) is 0. The van der Waals surface area contributed by atoms with Crippen LogP contribution in [0.25, 0.3) is 6.15 Å². The van der Waals surface area contributed by atoms with Crippen molar-refractivity contribution in [2.45, 2.75) is 0 Å². The first kappa shape index (κ1) is 15.5. The number of nitrogens with two attached hydrogens (primary N) is 1. The van der Waals surface area contributed by atoms with Gasteiger partial charge in [-0.3, -0.25) is 0 Å². The third kappa shape index (κ3) is 9.15. The average molecular weight is 277 g/mol. The van der Waals surface area contributed by atoms with Gasteiger partial charge in [0, 0.05) is 20.4 Å². The van der Waals surface area contributed by atoms with Crippen LogP contribution in [-0.2, 0) is 20.4 Å². The summed E-state index contributed by atoms with van der Waals surface area (Å²) >= 11 is 0. The number of benzene rings is 2. The SMILES string of the molecule is [NH2-].[Pd].[c-]1ccccc1.[c-]1ccccc1. The van der Waals surface area contributed by atoms with Gasteiger partial charge in [0.2, 0.25) is 0 Å². The summed E-state index contributed by atoms with van der Waals surface area (Å²) in [5.74, 6) is 0. The molecule has 0 unspecified atom stereocenters. The molecule has 0 aliphatic heterocycles. The second kappa shape index (κ2) is 12.1. The van der Waals surface area contributed by atoms with E-state index < -0.39 is 0 Å². The Morgan fingerprint density at radius 2 is 0.786 bits per heavy atom. The molecule has 0 radical (unpaired) electrons. The molecule has 0 aliphatic rings. The summed E-state index contributed by atoms with van der Waals surface area (Å²) in [6.07, 6.45) is 0. The Morgan fingerprint density at radius 3 is 0.857 bits per heavy atom. The Hall–Kier alpha value is -0.938. The smallest absolute Gasteiger partial charge is 0 e. The molecule has 0 aromatic heterocycles. The first-order valence-corrected chi connectivity index (χ1v) is 3.82. The van der Waals surface area contributed by atoms with Gasteiger partial charge in [-0.2, -0.15) is 72.8 Å². The summed E-state index contributed by atoms with van der Waals surface area (Å²) in [7, 11) is 0. The van der Waals surface area contributed by atoms with Gasteiger partial charge in [-0.1, -0.05) is 0 Å². The monoisotopic (exact) mass is 276 g/mol. The summed E-state index contributed by atoms with van der Waals surface area (Å²) in [6.45, 7) is 0. The molecule has 0 heterocycles. The predicted molar refractivity (Wildman–Crippen MR) is 55.8 cm³/mol. The Morgan fingerprint density at radius 1 is 0.500 bits per heavy atom. The average Bonchev–Trinajstić information content (AvgIpc) is 2.24. The second-order valence-corrected chi connectivity index (χ2v) is 2.15. The van der Waals surface area contributed by atoms with Crippen molar-refractivity contribution in [3.8, 4) is 0 Å². The first-order chi connectivity index (χ1) is 6.00. The topological polar surface area (TPSA) is 33.5 Å². The van der Waals surface area contributed by atoms with Gasteiger partial charge in [0.25, 0.3) is 0 Å². The number of hydrogen-bond donors (Lipinski definition) is 0. The molecule has 0 saturated heterocycles. The minimum absolute atomic E-state index is 0. The van der Waals surface area contributed by atoms with Crippen molar-refractivity contribution in [1.29, 1.82) is 0 Å². The van der Waals surface area contributed by atoms with Crippen LogP contribution in [0.15, 0.2) is 60.7 Å². The van der Waals surface area contributed by atoms with Crippen molar-refractivity contribution in [2.24, 2.45) is 0 Å². The maximum atomic E-state index is 2.89. The quantitative estimate of drug-likeness (QED) is 0.519. The van der Waals surface area contributed by atoms with Crippen LogP contribution in [0.3, 0.4) is 0 Å². The van der Waals surface area contributed by atoms with Gasteiger partial charge < -0.3 is 6.15 Å². The molecule has 2 aromatic carbocycles. The molecule has 0 atom stereocenters. The van der Waals surface area contributed by atoms with E-state index in [-0.39, 0.29) is 26.6 Å². The molecule has 0 spiro atoms. The fraction of sp³-hybridized carbons (Fsp3) is 0. The van der Waals surface area contributed by atoms with E-state index in [9.17, 15) is 0 Å². The fourth-order valence-electron chi connectivity index (χ4n) is 0.684. The molecule has 2 heteroatoms. The summed E-state index contributed by atoms with van der Waals surface area (Å²) in [6, 6.07) is 25.0. The van der Waals surface area contributed by atoms with Crippen LogP contribution in [-0.4, -0.2) is 0 Å². The van der Waals surface area contributed by atoms with Crippen molar-refractivity contribution in [1.82, 2.24) is 0 Å². The van der Waals surface area contributed by atoms with Gasteiger partial charge >= 0.3 is 0 Å². The van der Waals surface area contributed by atoms with Crippen molar-refractivity contribution >= 4 is 0 Å². The van der Waals surface area contributed by atoms with Crippen molar-refractivity contribution in [3.05, 3.63) is 78.9 Å². The Bertz CT molecular complexity index is 186. The van der Waals surface area contributed by atoms with E-state index in [1.165, 1.54) is 0 Å². The van der Waals surface area contributed by atoms with Crippen molar-refractivity contribution in [3.63, 3.8) is 0 Å². The van der Waals surface area contributed by atoms with E-state index in [2.05, 4.69) is 12.1 Å². The predicted octanol–water partition coefficient (Wildman–Crippen LogP) is 3.69. The van der Waals surface area contributed by atoms with Crippen molar-refractivity contribution in [2.75, 3.05) is 0 Å². The molecule has 0 amide bonds. The van der Waals surface area contributed by atoms with Crippen LogP contribution in [0.4, 0.5) is 0 Å². The van der Waals surface area contributed by atoms with Crippen LogP contribution in [0.1, 0.15) is 0 Å². The summed E-state index contributed by atoms with van der Waals surface area (Å²) in [5, 5.41) is 0. The molecule has 0 aliphatic carbocycles. The Balaban J connectivity index is 0. The Kier molecular flexibility index (Phi) is 13.4. The molecular formula is C12H12NPd-3. The standard InChI is InChI=1S/2C6H5.H2N.Pd/c2*1-2-4-6-5-3-1;;/h2*1-5H;1H2;/q3*-1;. The first-order valence-electron chi connectivity index (χ1n) is 3.82. The van der Waals surface area contributed by atoms with E-state index >= 15 is 0 Å². The molecule has 14 heavy (non-hydrogen) atoms. The maximum absolute atomic E-state index is 2.89. The minimum Gasteiger partial charge on any atom is -0.693 e. The van der Waals surface area contributed by atoms with Gasteiger partial charge in [0.1, 0.15) is 0 Å². The van der Waals surface area contributed by atoms with Crippen LogP contribution in [0.5, 0.6) is 0 Å². The minimum atomic E-state index is 0. The van der Waals surface area contributed by atoms with E-state index in [0.717, 1.165) is 0 Å². The third-order valence-electron chi connectivity index (χ3n) is 1.21. The molecule has 2 N–H and O–H groups in total. The zero-order valence-electron chi connectivity index (χ0n) is 7.67. The van der Waals surface area contributed by atoms with E-state index in [0.29, 0.717) is 0 Å². The molecule has 0 bridgehead atoms. The molecule has 78 valence electrons. The fourth-order valence-corrected chi connectivity index (χ4v) is 0.684. The van der Waals surface area contributed by atoms with Gasteiger partial charge in [0.05, 0.1) is 0 Å². The third-order valence-corrected chi connectivity index (χ3v) is 1.21. The molecule has 0 saturated carbocycles. The van der Waals surface area contributed by atoms with Crippen LogP contribution in [0.2, 0.25) is 0 Å². The number of rotatable bonds is 0. The molecule has 0 fully saturated rings. The van der Waals surface area contributed by atoms with Gasteiger partial charge in [-0.15, -0.1) is 0 Å². The van der Waals surface area contributed by atoms with E-state index in [4.69, 9.17) is 0 Å². The molecule has 2 aromatic rings. The normalized spacial score (nSPS) is 6.86. The van der Waals surface area contributed by atoms with E-state index in [1.54, 1.807) is 0 Å². The Labute approximate surface area is 99.4 Å². The molecule has 1 nitrogen and oxygen atoms in total. The van der Waals surface area contributed by atoms with Crippen molar-refractivity contribution < 1.29 is 20.4 Å². The largest absolute Gasteiger partial charge is 0.693 e. The number of hydrogen-bond acceptors (Lipinski definition) is 0. The summed E-state index contributed by atoms with van der Waals surface area (Å²) in [4.78, 5) is 0. The molecular weight excluding hydrogens is 265 g/mol. The van der Waals surface area contributed by atoms with Gasteiger partial charge in [-0.05, 0) is 0 Å². The zero-order valence-corrected chi connectivity index (χ0v) is 9.22. The maximum Gasteiger partial charge on any atom is 0 e. The molecule has 2 rings (SSSR count). The van der Waals surface area contributed by atoms with Crippen LogP contribution >= 0.6 is 0 Å². The van der Waals surface area contributed by atoms with Gasteiger partial charge in [-0.25, -0.2) is 0 Å².